The Labute approximate surface area is 109 Å². The van der Waals surface area contributed by atoms with Crippen LogP contribution in [0.3, 0.4) is 0 Å². The molecule has 1 fully saturated rings. The number of aryl methyl sites for hydroxylation is 1. The highest BCUT2D eigenvalue weighted by molar-refractivity contribution is 5.90. The fourth-order valence-electron chi connectivity index (χ4n) is 1.94. The maximum Gasteiger partial charge on any atom is 0.225 e. The van der Waals surface area contributed by atoms with Gasteiger partial charge in [0.2, 0.25) is 5.91 Å². The van der Waals surface area contributed by atoms with Crippen LogP contribution in [0, 0.1) is 0 Å². The largest absolute Gasteiger partial charge is 0.326 e. The van der Waals surface area contributed by atoms with Crippen LogP contribution in [0.2, 0.25) is 0 Å². The summed E-state index contributed by atoms with van der Waals surface area (Å²) in [5.74, 6) is 0.0893. The highest BCUT2D eigenvalue weighted by Crippen LogP contribution is 2.18. The fraction of sp³-hybridized carbons (Fsp3) is 0.533. The smallest absolute Gasteiger partial charge is 0.225 e. The molecule has 0 spiro atoms. The van der Waals surface area contributed by atoms with Crippen molar-refractivity contribution in [2.75, 3.05) is 11.9 Å². The number of carbonyl (C=O) groups is 1. The maximum absolute atomic E-state index is 11.7. The number of amides is 1. The Morgan fingerprint density at radius 2 is 2.00 bits per heavy atom. The molecule has 3 nitrogen and oxygen atoms in total. The highest BCUT2D eigenvalue weighted by Gasteiger charge is 2.19. The van der Waals surface area contributed by atoms with Crippen LogP contribution in [0.5, 0.6) is 0 Å². The third-order valence-electron chi connectivity index (χ3n) is 3.14. The van der Waals surface area contributed by atoms with Crippen molar-refractivity contribution in [2.24, 2.45) is 0 Å². The zero-order chi connectivity index (χ0) is 12.8. The second-order valence-electron chi connectivity index (χ2n) is 4.97. The molecule has 2 rings (SSSR count). The standard InChI is InChI=1S/C15H22N2O/c1-2-3-12-4-6-14(7-5-12)17-15(18)10-11-16-13-8-9-13/h4-7,13,16H,2-3,8-11H2,1H3,(H,17,18). The third kappa shape index (κ3) is 4.49. The first-order valence-electron chi connectivity index (χ1n) is 6.90. The average Bonchev–Trinajstić information content (AvgIpc) is 3.16. The number of benzene rings is 1. The lowest BCUT2D eigenvalue weighted by atomic mass is 10.1. The van der Waals surface area contributed by atoms with Gasteiger partial charge in [-0.3, -0.25) is 4.79 Å². The molecule has 0 atom stereocenters. The Kier molecular flexibility index (Phi) is 4.76. The molecule has 0 aliphatic heterocycles. The predicted molar refractivity (Wildman–Crippen MR) is 74.7 cm³/mol. The van der Waals surface area contributed by atoms with E-state index in [0.29, 0.717) is 12.5 Å². The minimum absolute atomic E-state index is 0.0893. The van der Waals surface area contributed by atoms with Gasteiger partial charge in [-0.25, -0.2) is 0 Å². The fourth-order valence-corrected chi connectivity index (χ4v) is 1.94. The second kappa shape index (κ2) is 6.55. The molecule has 0 radical (unpaired) electrons. The van der Waals surface area contributed by atoms with Crippen LogP contribution < -0.4 is 10.6 Å². The van der Waals surface area contributed by atoms with Crippen LogP contribution in [0.4, 0.5) is 5.69 Å². The molecule has 0 unspecified atom stereocenters. The van der Waals surface area contributed by atoms with Gasteiger partial charge in [-0.1, -0.05) is 25.5 Å². The Hall–Kier alpha value is -1.35. The first-order valence-corrected chi connectivity index (χ1v) is 6.90. The quantitative estimate of drug-likeness (QED) is 0.776. The second-order valence-corrected chi connectivity index (χ2v) is 4.97. The van der Waals surface area contributed by atoms with Crippen molar-refractivity contribution in [2.45, 2.75) is 45.1 Å². The molecule has 3 heteroatoms. The summed E-state index contributed by atoms with van der Waals surface area (Å²) in [6, 6.07) is 8.81. The van der Waals surface area contributed by atoms with E-state index in [1.54, 1.807) is 0 Å². The summed E-state index contributed by atoms with van der Waals surface area (Å²) >= 11 is 0. The molecule has 1 aromatic rings. The highest BCUT2D eigenvalue weighted by atomic mass is 16.1. The van der Waals surface area contributed by atoms with E-state index in [0.717, 1.165) is 25.1 Å². The summed E-state index contributed by atoms with van der Waals surface area (Å²) in [4.78, 5) is 11.7. The molecule has 1 amide bonds. The van der Waals surface area contributed by atoms with Crippen molar-refractivity contribution < 1.29 is 4.79 Å². The average molecular weight is 246 g/mol. The number of hydrogen-bond donors (Lipinski definition) is 2. The van der Waals surface area contributed by atoms with E-state index in [9.17, 15) is 4.79 Å². The number of anilines is 1. The summed E-state index contributed by atoms with van der Waals surface area (Å²) in [6.45, 7) is 2.95. The lowest BCUT2D eigenvalue weighted by molar-refractivity contribution is -0.116. The molecule has 18 heavy (non-hydrogen) atoms. The molecule has 98 valence electrons. The van der Waals surface area contributed by atoms with Gasteiger partial charge in [0.15, 0.2) is 0 Å². The Morgan fingerprint density at radius 3 is 2.61 bits per heavy atom. The lowest BCUT2D eigenvalue weighted by Crippen LogP contribution is -2.23. The number of rotatable bonds is 7. The minimum atomic E-state index is 0.0893. The van der Waals surface area contributed by atoms with E-state index in [4.69, 9.17) is 0 Å². The summed E-state index contributed by atoms with van der Waals surface area (Å²) < 4.78 is 0. The first-order chi connectivity index (χ1) is 8.78. The van der Waals surface area contributed by atoms with Crippen LogP contribution in [-0.4, -0.2) is 18.5 Å². The number of carbonyl (C=O) groups excluding carboxylic acids is 1. The van der Waals surface area contributed by atoms with Crippen LogP contribution in [0.1, 0.15) is 38.2 Å². The molecule has 0 bridgehead atoms. The van der Waals surface area contributed by atoms with Crippen LogP contribution in [-0.2, 0) is 11.2 Å². The lowest BCUT2D eigenvalue weighted by Gasteiger charge is -2.07. The summed E-state index contributed by atoms with van der Waals surface area (Å²) in [5.41, 5.74) is 2.22. The molecular weight excluding hydrogens is 224 g/mol. The number of hydrogen-bond acceptors (Lipinski definition) is 2. The predicted octanol–water partition coefficient (Wildman–Crippen LogP) is 2.72. The van der Waals surface area contributed by atoms with Crippen molar-refractivity contribution in [1.82, 2.24) is 5.32 Å². The van der Waals surface area contributed by atoms with Crippen molar-refractivity contribution in [3.8, 4) is 0 Å². The van der Waals surface area contributed by atoms with Crippen molar-refractivity contribution in [3.63, 3.8) is 0 Å². The van der Waals surface area contributed by atoms with Gasteiger partial charge < -0.3 is 10.6 Å². The molecular formula is C15H22N2O. The molecule has 1 saturated carbocycles. The monoisotopic (exact) mass is 246 g/mol. The van der Waals surface area contributed by atoms with Gasteiger partial charge in [0.05, 0.1) is 0 Å². The van der Waals surface area contributed by atoms with Gasteiger partial charge in [-0.15, -0.1) is 0 Å². The van der Waals surface area contributed by atoms with Crippen LogP contribution in [0.15, 0.2) is 24.3 Å². The van der Waals surface area contributed by atoms with E-state index in [2.05, 4.69) is 29.7 Å². The van der Waals surface area contributed by atoms with Crippen LogP contribution in [0.25, 0.3) is 0 Å². The molecule has 1 aromatic carbocycles. The van der Waals surface area contributed by atoms with Gasteiger partial charge >= 0.3 is 0 Å². The van der Waals surface area contributed by atoms with Gasteiger partial charge in [0.1, 0.15) is 0 Å². The molecule has 0 saturated heterocycles. The summed E-state index contributed by atoms with van der Waals surface area (Å²) in [6.07, 6.45) is 5.33. The Morgan fingerprint density at radius 1 is 1.28 bits per heavy atom. The normalized spacial score (nSPS) is 14.5. The topological polar surface area (TPSA) is 41.1 Å². The van der Waals surface area contributed by atoms with Crippen molar-refractivity contribution in [3.05, 3.63) is 29.8 Å². The van der Waals surface area contributed by atoms with Gasteiger partial charge in [-0.2, -0.15) is 0 Å². The molecule has 0 heterocycles. The molecule has 0 aromatic heterocycles. The maximum atomic E-state index is 11.7. The summed E-state index contributed by atoms with van der Waals surface area (Å²) in [5, 5.41) is 6.26. The first kappa shape index (κ1) is 13.1. The van der Waals surface area contributed by atoms with Crippen LogP contribution >= 0.6 is 0 Å². The molecule has 1 aliphatic rings. The molecule has 2 N–H and O–H groups in total. The van der Waals surface area contributed by atoms with E-state index in [-0.39, 0.29) is 5.91 Å². The van der Waals surface area contributed by atoms with E-state index < -0.39 is 0 Å². The van der Waals surface area contributed by atoms with Gasteiger partial charge in [0, 0.05) is 24.7 Å². The Bertz CT molecular complexity index is 382. The van der Waals surface area contributed by atoms with E-state index in [1.165, 1.54) is 18.4 Å². The number of nitrogens with one attached hydrogen (secondary N) is 2. The third-order valence-corrected chi connectivity index (χ3v) is 3.14. The van der Waals surface area contributed by atoms with Crippen molar-refractivity contribution in [1.29, 1.82) is 0 Å². The SMILES string of the molecule is CCCc1ccc(NC(=O)CCNC2CC2)cc1. The van der Waals surface area contributed by atoms with E-state index >= 15 is 0 Å². The minimum Gasteiger partial charge on any atom is -0.326 e. The Balaban J connectivity index is 1.71. The van der Waals surface area contributed by atoms with Gasteiger partial charge in [0.25, 0.3) is 0 Å². The molecule has 1 aliphatic carbocycles. The van der Waals surface area contributed by atoms with Crippen molar-refractivity contribution >= 4 is 11.6 Å². The summed E-state index contributed by atoms with van der Waals surface area (Å²) in [7, 11) is 0. The zero-order valence-electron chi connectivity index (χ0n) is 11.0. The zero-order valence-corrected chi connectivity index (χ0v) is 11.0. The van der Waals surface area contributed by atoms with E-state index in [1.807, 2.05) is 12.1 Å². The van der Waals surface area contributed by atoms with Gasteiger partial charge in [-0.05, 0) is 37.0 Å².